The lowest BCUT2D eigenvalue weighted by atomic mass is 10.2. The zero-order valence-corrected chi connectivity index (χ0v) is 8.75. The Morgan fingerprint density at radius 3 is 2.65 bits per heavy atom. The number of nitrogens with zero attached hydrogens (tertiary/aromatic N) is 2. The Bertz CT molecular complexity index is 426. The highest BCUT2D eigenvalue weighted by Crippen LogP contribution is 2.40. The molecule has 1 aliphatic rings. The van der Waals surface area contributed by atoms with E-state index in [4.69, 9.17) is 0 Å². The van der Waals surface area contributed by atoms with E-state index in [1.165, 1.54) is 0 Å². The predicted molar refractivity (Wildman–Crippen MR) is 50.5 cm³/mol. The first-order valence-corrected chi connectivity index (χ1v) is 5.12. The number of carbonyl (C=O) groups excluding carboxylic acids is 1. The van der Waals surface area contributed by atoms with Crippen LogP contribution in [0.1, 0.15) is 34.8 Å². The second kappa shape index (κ2) is 4.12. The van der Waals surface area contributed by atoms with E-state index in [2.05, 4.69) is 5.10 Å². The summed E-state index contributed by atoms with van der Waals surface area (Å²) in [5.41, 5.74) is 0.641. The van der Waals surface area contributed by atoms with Crippen molar-refractivity contribution in [3.05, 3.63) is 17.5 Å². The molecule has 0 unspecified atom stereocenters. The molecule has 94 valence electrons. The molecule has 3 nitrogen and oxygen atoms in total. The maximum absolute atomic E-state index is 12.8. The van der Waals surface area contributed by atoms with Gasteiger partial charge in [0.2, 0.25) is 0 Å². The van der Waals surface area contributed by atoms with Gasteiger partial charge < -0.3 is 0 Å². The van der Waals surface area contributed by atoms with Gasteiger partial charge in [0.15, 0.2) is 6.29 Å². The SMILES string of the molecule is O=Cc1cn(CC(F)(F)C(F)F)nc1C1CC1. The maximum Gasteiger partial charge on any atom is 0.326 e. The van der Waals surface area contributed by atoms with Crippen LogP contribution in [0.2, 0.25) is 0 Å². The van der Waals surface area contributed by atoms with Crippen molar-refractivity contribution >= 4 is 6.29 Å². The summed E-state index contributed by atoms with van der Waals surface area (Å²) in [6.45, 7) is -1.21. The first-order chi connectivity index (χ1) is 7.94. The topological polar surface area (TPSA) is 34.9 Å². The van der Waals surface area contributed by atoms with E-state index in [1.807, 2.05) is 0 Å². The molecule has 0 radical (unpaired) electrons. The molecule has 1 fully saturated rings. The van der Waals surface area contributed by atoms with Gasteiger partial charge in [-0.3, -0.25) is 9.48 Å². The molecule has 1 aromatic rings. The number of carbonyl (C=O) groups is 1. The van der Waals surface area contributed by atoms with E-state index in [0.29, 0.717) is 12.0 Å². The van der Waals surface area contributed by atoms with Crippen LogP contribution >= 0.6 is 0 Å². The van der Waals surface area contributed by atoms with Crippen LogP contribution in [0.5, 0.6) is 0 Å². The fourth-order valence-electron chi connectivity index (χ4n) is 1.58. The summed E-state index contributed by atoms with van der Waals surface area (Å²) in [6.07, 6.45) is -0.434. The Labute approximate surface area is 94.4 Å². The molecule has 0 atom stereocenters. The largest absolute Gasteiger partial charge is 0.326 e. The van der Waals surface area contributed by atoms with Gasteiger partial charge in [-0.15, -0.1) is 0 Å². The molecular formula is C10H10F4N2O. The molecule has 17 heavy (non-hydrogen) atoms. The molecule has 1 heterocycles. The average molecular weight is 250 g/mol. The zero-order valence-electron chi connectivity index (χ0n) is 8.75. The fourth-order valence-corrected chi connectivity index (χ4v) is 1.58. The minimum absolute atomic E-state index is 0.108. The van der Waals surface area contributed by atoms with Crippen molar-refractivity contribution in [3.63, 3.8) is 0 Å². The number of rotatable bonds is 5. The lowest BCUT2D eigenvalue weighted by Gasteiger charge is -2.14. The normalized spacial score (nSPS) is 16.5. The van der Waals surface area contributed by atoms with Crippen LogP contribution in [-0.2, 0) is 6.54 Å². The quantitative estimate of drug-likeness (QED) is 0.594. The van der Waals surface area contributed by atoms with E-state index >= 15 is 0 Å². The number of hydrogen-bond acceptors (Lipinski definition) is 2. The molecule has 1 saturated carbocycles. The molecule has 1 aliphatic carbocycles. The van der Waals surface area contributed by atoms with Gasteiger partial charge >= 0.3 is 12.3 Å². The second-order valence-electron chi connectivity index (χ2n) is 4.12. The molecule has 0 amide bonds. The van der Waals surface area contributed by atoms with E-state index in [-0.39, 0.29) is 11.5 Å². The lowest BCUT2D eigenvalue weighted by Crippen LogP contribution is -2.32. The summed E-state index contributed by atoms with van der Waals surface area (Å²) in [4.78, 5) is 10.7. The summed E-state index contributed by atoms with van der Waals surface area (Å²) in [6, 6.07) is 0. The first-order valence-electron chi connectivity index (χ1n) is 5.12. The molecule has 1 aromatic heterocycles. The van der Waals surface area contributed by atoms with Crippen LogP contribution in [0, 0.1) is 0 Å². The lowest BCUT2D eigenvalue weighted by molar-refractivity contribution is -0.139. The smallest absolute Gasteiger partial charge is 0.298 e. The number of halogens is 4. The highest BCUT2D eigenvalue weighted by molar-refractivity contribution is 5.76. The minimum Gasteiger partial charge on any atom is -0.298 e. The van der Waals surface area contributed by atoms with Gasteiger partial charge in [0, 0.05) is 12.1 Å². The third kappa shape index (κ3) is 2.48. The molecular weight excluding hydrogens is 240 g/mol. The second-order valence-corrected chi connectivity index (χ2v) is 4.12. The van der Waals surface area contributed by atoms with Gasteiger partial charge in [0.05, 0.1) is 11.3 Å². The number of aldehydes is 1. The molecule has 0 saturated heterocycles. The Hall–Kier alpha value is -1.40. The van der Waals surface area contributed by atoms with Crippen molar-refractivity contribution in [3.8, 4) is 0 Å². The van der Waals surface area contributed by atoms with Crippen LogP contribution in [0.4, 0.5) is 17.6 Å². The van der Waals surface area contributed by atoms with Crippen molar-refractivity contribution in [1.29, 1.82) is 0 Å². The van der Waals surface area contributed by atoms with Crippen molar-refractivity contribution in [2.75, 3.05) is 0 Å². The van der Waals surface area contributed by atoms with Gasteiger partial charge in [0.25, 0.3) is 0 Å². The highest BCUT2D eigenvalue weighted by Gasteiger charge is 2.42. The predicted octanol–water partition coefficient (Wildman–Crippen LogP) is 2.47. The summed E-state index contributed by atoms with van der Waals surface area (Å²) in [5.74, 6) is -4.02. The van der Waals surface area contributed by atoms with Crippen LogP contribution < -0.4 is 0 Å². The molecule has 0 spiro atoms. The molecule has 0 N–H and O–H groups in total. The zero-order chi connectivity index (χ0) is 12.6. The van der Waals surface area contributed by atoms with Gasteiger partial charge in [0.1, 0.15) is 6.54 Å². The van der Waals surface area contributed by atoms with Gasteiger partial charge in [-0.2, -0.15) is 13.9 Å². The van der Waals surface area contributed by atoms with Crippen LogP contribution in [0.3, 0.4) is 0 Å². The molecule has 0 bridgehead atoms. The third-order valence-electron chi connectivity index (χ3n) is 2.60. The van der Waals surface area contributed by atoms with E-state index in [0.717, 1.165) is 23.7 Å². The molecule has 0 aliphatic heterocycles. The van der Waals surface area contributed by atoms with Crippen molar-refractivity contribution in [1.82, 2.24) is 9.78 Å². The maximum atomic E-state index is 12.8. The standard InChI is InChI=1S/C10H10F4N2O/c11-9(12)10(13,14)5-16-3-7(4-17)8(15-16)6-1-2-6/h3-4,6,9H,1-2,5H2. The van der Waals surface area contributed by atoms with Gasteiger partial charge in [-0.1, -0.05) is 0 Å². The van der Waals surface area contributed by atoms with Crippen molar-refractivity contribution in [2.45, 2.75) is 37.7 Å². The monoisotopic (exact) mass is 250 g/mol. The molecule has 0 aromatic carbocycles. The fraction of sp³-hybridized carbons (Fsp3) is 0.600. The number of aromatic nitrogens is 2. The van der Waals surface area contributed by atoms with Crippen LogP contribution in [-0.4, -0.2) is 28.4 Å². The summed E-state index contributed by atoms with van der Waals surface area (Å²) >= 11 is 0. The van der Waals surface area contributed by atoms with Gasteiger partial charge in [-0.05, 0) is 12.8 Å². The summed E-state index contributed by atoms with van der Waals surface area (Å²) in [7, 11) is 0. The molecule has 7 heteroatoms. The third-order valence-corrected chi connectivity index (χ3v) is 2.60. The van der Waals surface area contributed by atoms with E-state index in [9.17, 15) is 22.4 Å². The number of hydrogen-bond donors (Lipinski definition) is 0. The van der Waals surface area contributed by atoms with E-state index in [1.54, 1.807) is 0 Å². The summed E-state index contributed by atoms with van der Waals surface area (Å²) < 4.78 is 50.3. The van der Waals surface area contributed by atoms with E-state index < -0.39 is 18.9 Å². The molecule has 2 rings (SSSR count). The van der Waals surface area contributed by atoms with Crippen LogP contribution in [0.15, 0.2) is 6.20 Å². The van der Waals surface area contributed by atoms with Crippen molar-refractivity contribution < 1.29 is 22.4 Å². The Morgan fingerprint density at radius 2 is 2.18 bits per heavy atom. The minimum atomic E-state index is -4.13. The number of alkyl halides is 4. The van der Waals surface area contributed by atoms with Gasteiger partial charge in [-0.25, -0.2) is 8.78 Å². The van der Waals surface area contributed by atoms with Crippen molar-refractivity contribution in [2.24, 2.45) is 0 Å². The Balaban J connectivity index is 2.19. The average Bonchev–Trinajstić information content (AvgIpc) is 3.00. The Morgan fingerprint density at radius 1 is 1.53 bits per heavy atom. The Kier molecular flexibility index (Phi) is 2.92. The summed E-state index contributed by atoms with van der Waals surface area (Å²) in [5, 5.41) is 3.78. The van der Waals surface area contributed by atoms with Crippen LogP contribution in [0.25, 0.3) is 0 Å². The highest BCUT2D eigenvalue weighted by atomic mass is 19.3. The first kappa shape index (κ1) is 12.1.